The van der Waals surface area contributed by atoms with E-state index in [0.717, 1.165) is 32.5 Å². The molecule has 4 nitrogen and oxygen atoms in total. The van der Waals surface area contributed by atoms with Gasteiger partial charge in [0.25, 0.3) is 0 Å². The van der Waals surface area contributed by atoms with Crippen LogP contribution in [0.3, 0.4) is 0 Å². The Bertz CT molecular complexity index is 501. The topological polar surface area (TPSA) is 58.4 Å². The van der Waals surface area contributed by atoms with Gasteiger partial charge in [-0.1, -0.05) is 13.0 Å². The molecule has 1 aliphatic heterocycles. The molecule has 21 heavy (non-hydrogen) atoms. The zero-order chi connectivity index (χ0) is 15.4. The minimum atomic E-state index is -0.174. The number of benzene rings is 1. The second kappa shape index (κ2) is 6.94. The van der Waals surface area contributed by atoms with Crippen molar-refractivity contribution in [2.24, 2.45) is 11.7 Å². The summed E-state index contributed by atoms with van der Waals surface area (Å²) in [6.07, 6.45) is 1.93. The van der Waals surface area contributed by atoms with E-state index in [0.29, 0.717) is 6.04 Å². The van der Waals surface area contributed by atoms with E-state index in [1.807, 2.05) is 0 Å². The van der Waals surface area contributed by atoms with Crippen molar-refractivity contribution in [1.82, 2.24) is 5.32 Å². The maximum Gasteiger partial charge on any atom is 0.222 e. The molecule has 0 aliphatic carbocycles. The Morgan fingerprint density at radius 3 is 2.81 bits per heavy atom. The van der Waals surface area contributed by atoms with Gasteiger partial charge in [-0.2, -0.15) is 0 Å². The summed E-state index contributed by atoms with van der Waals surface area (Å²) in [5, 5.41) is 3.36. The van der Waals surface area contributed by atoms with Crippen LogP contribution in [0.2, 0.25) is 0 Å². The van der Waals surface area contributed by atoms with Crippen LogP contribution in [0, 0.1) is 12.8 Å². The van der Waals surface area contributed by atoms with E-state index in [4.69, 9.17) is 5.73 Å². The molecule has 1 heterocycles. The lowest BCUT2D eigenvalue weighted by atomic mass is 9.92. The van der Waals surface area contributed by atoms with Gasteiger partial charge < -0.3 is 16.0 Å². The predicted octanol–water partition coefficient (Wildman–Crippen LogP) is 2.19. The van der Waals surface area contributed by atoms with Crippen LogP contribution in [0.5, 0.6) is 0 Å². The third-order valence-corrected chi connectivity index (χ3v) is 4.51. The van der Waals surface area contributed by atoms with Crippen LogP contribution in [0.15, 0.2) is 18.2 Å². The number of hydrogen-bond acceptors (Lipinski definition) is 3. The summed E-state index contributed by atoms with van der Waals surface area (Å²) in [7, 11) is 0. The summed E-state index contributed by atoms with van der Waals surface area (Å²) in [5.74, 6) is -0.199. The molecule has 0 spiro atoms. The van der Waals surface area contributed by atoms with Crippen LogP contribution in [0.4, 0.5) is 5.69 Å². The van der Waals surface area contributed by atoms with Crippen LogP contribution in [0.1, 0.15) is 37.8 Å². The highest BCUT2D eigenvalue weighted by atomic mass is 16.1. The quantitative estimate of drug-likeness (QED) is 0.873. The largest absolute Gasteiger partial charge is 0.369 e. The van der Waals surface area contributed by atoms with Gasteiger partial charge in [-0.05, 0) is 56.5 Å². The van der Waals surface area contributed by atoms with Crippen LogP contribution in [0.25, 0.3) is 0 Å². The van der Waals surface area contributed by atoms with Crippen molar-refractivity contribution in [3.8, 4) is 0 Å². The fraction of sp³-hybridized carbons (Fsp3) is 0.588. The van der Waals surface area contributed by atoms with E-state index in [1.165, 1.54) is 16.8 Å². The third kappa shape index (κ3) is 3.76. The predicted molar refractivity (Wildman–Crippen MR) is 87.3 cm³/mol. The molecule has 2 rings (SSSR count). The summed E-state index contributed by atoms with van der Waals surface area (Å²) in [4.78, 5) is 13.8. The maximum atomic E-state index is 11.5. The summed E-state index contributed by atoms with van der Waals surface area (Å²) >= 11 is 0. The van der Waals surface area contributed by atoms with Crippen molar-refractivity contribution in [3.63, 3.8) is 0 Å². The summed E-state index contributed by atoms with van der Waals surface area (Å²) in [6, 6.07) is 7.04. The molecule has 0 bridgehead atoms. The number of primary amides is 1. The number of anilines is 1. The smallest absolute Gasteiger partial charge is 0.222 e. The molecule has 1 amide bonds. The lowest BCUT2D eigenvalue weighted by Gasteiger charge is -2.39. The highest BCUT2D eigenvalue weighted by Gasteiger charge is 2.28. The van der Waals surface area contributed by atoms with Crippen molar-refractivity contribution in [2.45, 2.75) is 46.2 Å². The molecule has 1 aliphatic rings. The number of amides is 1. The van der Waals surface area contributed by atoms with E-state index < -0.39 is 0 Å². The summed E-state index contributed by atoms with van der Waals surface area (Å²) in [5.41, 5.74) is 9.31. The Morgan fingerprint density at radius 2 is 2.19 bits per heavy atom. The van der Waals surface area contributed by atoms with E-state index in [2.05, 4.69) is 49.2 Å². The molecule has 116 valence electrons. The van der Waals surface area contributed by atoms with Gasteiger partial charge in [0.15, 0.2) is 0 Å². The first kappa shape index (κ1) is 15.8. The lowest BCUT2D eigenvalue weighted by molar-refractivity contribution is -0.122. The van der Waals surface area contributed by atoms with Crippen LogP contribution in [-0.4, -0.2) is 25.0 Å². The molecule has 1 aromatic rings. The monoisotopic (exact) mass is 289 g/mol. The van der Waals surface area contributed by atoms with Crippen molar-refractivity contribution in [1.29, 1.82) is 0 Å². The minimum absolute atomic E-state index is 0.0251. The first-order chi connectivity index (χ1) is 10.0. The number of carbonyl (C=O) groups is 1. The van der Waals surface area contributed by atoms with Crippen molar-refractivity contribution in [3.05, 3.63) is 29.3 Å². The molecule has 0 aromatic heterocycles. The Kier molecular flexibility index (Phi) is 5.23. The zero-order valence-corrected chi connectivity index (χ0v) is 13.4. The Hall–Kier alpha value is -1.55. The van der Waals surface area contributed by atoms with E-state index >= 15 is 0 Å². The van der Waals surface area contributed by atoms with Crippen molar-refractivity contribution >= 4 is 11.6 Å². The lowest BCUT2D eigenvalue weighted by Crippen LogP contribution is -2.45. The molecule has 0 radical (unpaired) electrons. The molecule has 2 atom stereocenters. The number of nitrogens with zero attached hydrogens (tertiary/aromatic N) is 1. The van der Waals surface area contributed by atoms with E-state index in [9.17, 15) is 4.79 Å². The van der Waals surface area contributed by atoms with Crippen molar-refractivity contribution < 1.29 is 4.79 Å². The molecular formula is C17H27N3O. The fourth-order valence-corrected chi connectivity index (χ4v) is 3.02. The molecule has 2 unspecified atom stereocenters. The second-order valence-corrected chi connectivity index (χ2v) is 6.07. The average molecular weight is 289 g/mol. The molecule has 1 saturated heterocycles. The number of nitrogens with one attached hydrogen (secondary N) is 1. The fourth-order valence-electron chi connectivity index (χ4n) is 3.02. The number of piperidine rings is 1. The SMILES string of the molecule is CCNCc1ccc(N2CC(C(N)=O)CCC2C)cc1C. The highest BCUT2D eigenvalue weighted by Crippen LogP contribution is 2.29. The Balaban J connectivity index is 2.16. The van der Waals surface area contributed by atoms with Gasteiger partial charge in [-0.25, -0.2) is 0 Å². The number of aryl methyl sites for hydroxylation is 1. The van der Waals surface area contributed by atoms with E-state index in [-0.39, 0.29) is 11.8 Å². The average Bonchev–Trinajstić information content (AvgIpc) is 2.46. The second-order valence-electron chi connectivity index (χ2n) is 6.07. The molecule has 3 N–H and O–H groups in total. The normalized spacial score (nSPS) is 22.3. The maximum absolute atomic E-state index is 11.5. The van der Waals surface area contributed by atoms with E-state index in [1.54, 1.807) is 0 Å². The van der Waals surface area contributed by atoms with Gasteiger partial charge in [0.1, 0.15) is 0 Å². The van der Waals surface area contributed by atoms with Gasteiger partial charge in [-0.3, -0.25) is 4.79 Å². The number of rotatable bonds is 5. The van der Waals surface area contributed by atoms with Crippen molar-refractivity contribution in [2.75, 3.05) is 18.0 Å². The number of nitrogens with two attached hydrogens (primary N) is 1. The van der Waals surface area contributed by atoms with Gasteiger partial charge in [0.2, 0.25) is 5.91 Å². The zero-order valence-electron chi connectivity index (χ0n) is 13.4. The first-order valence-corrected chi connectivity index (χ1v) is 7.89. The van der Waals surface area contributed by atoms with Gasteiger partial charge >= 0.3 is 0 Å². The van der Waals surface area contributed by atoms with Crippen LogP contribution < -0.4 is 16.0 Å². The Labute approximate surface area is 127 Å². The molecule has 1 aromatic carbocycles. The van der Waals surface area contributed by atoms with Crippen LogP contribution in [-0.2, 0) is 11.3 Å². The molecule has 0 saturated carbocycles. The standard InChI is InChI=1S/C17H27N3O/c1-4-19-10-14-7-8-16(9-12(14)2)20-11-15(17(18)21)6-5-13(20)3/h7-9,13,15,19H,4-6,10-11H2,1-3H3,(H2,18,21). The highest BCUT2D eigenvalue weighted by molar-refractivity contribution is 5.77. The Morgan fingerprint density at radius 1 is 1.43 bits per heavy atom. The van der Waals surface area contributed by atoms with Gasteiger partial charge in [0.05, 0.1) is 5.92 Å². The molecule has 4 heteroatoms. The molecular weight excluding hydrogens is 262 g/mol. The number of carbonyl (C=O) groups excluding carboxylic acids is 1. The minimum Gasteiger partial charge on any atom is -0.369 e. The first-order valence-electron chi connectivity index (χ1n) is 7.89. The number of hydrogen-bond donors (Lipinski definition) is 2. The third-order valence-electron chi connectivity index (χ3n) is 4.51. The van der Waals surface area contributed by atoms with Crippen LogP contribution >= 0.6 is 0 Å². The molecule has 1 fully saturated rings. The summed E-state index contributed by atoms with van der Waals surface area (Å²) in [6.45, 7) is 9.10. The van der Waals surface area contributed by atoms with Gasteiger partial charge in [0, 0.05) is 24.8 Å². The summed E-state index contributed by atoms with van der Waals surface area (Å²) < 4.78 is 0. The van der Waals surface area contributed by atoms with Gasteiger partial charge in [-0.15, -0.1) is 0 Å².